The summed E-state index contributed by atoms with van der Waals surface area (Å²) in [6.45, 7) is -0.261. The van der Waals surface area contributed by atoms with E-state index < -0.39 is 11.9 Å². The molecular weight excluding hydrogens is 352 g/mol. The van der Waals surface area contributed by atoms with Gasteiger partial charge in [0.2, 0.25) is 0 Å². The lowest BCUT2D eigenvalue weighted by molar-refractivity contribution is -0.147. The number of primary amides is 1. The maximum absolute atomic E-state index is 11.9. The van der Waals surface area contributed by atoms with Crippen molar-refractivity contribution in [3.63, 3.8) is 0 Å². The minimum atomic E-state index is -0.620. The number of esters is 1. The molecule has 6 nitrogen and oxygen atoms in total. The third kappa shape index (κ3) is 4.46. The fourth-order valence-electron chi connectivity index (χ4n) is 2.22. The number of hydrogen-bond donors (Lipinski definition) is 1. The van der Waals surface area contributed by atoms with E-state index in [2.05, 4.69) is 4.98 Å². The van der Waals surface area contributed by atoms with Crippen LogP contribution in [0.3, 0.4) is 0 Å². The summed E-state index contributed by atoms with van der Waals surface area (Å²) < 4.78 is 10.5. The Hall–Kier alpha value is -3.19. The van der Waals surface area contributed by atoms with Gasteiger partial charge >= 0.3 is 5.97 Å². The van der Waals surface area contributed by atoms with Crippen LogP contribution in [0.15, 0.2) is 60.0 Å². The van der Waals surface area contributed by atoms with Gasteiger partial charge in [0.25, 0.3) is 5.91 Å². The van der Waals surface area contributed by atoms with E-state index in [0.717, 1.165) is 10.6 Å². The maximum atomic E-state index is 11.9. The van der Waals surface area contributed by atoms with Crippen molar-refractivity contribution in [2.45, 2.75) is 6.61 Å². The van der Waals surface area contributed by atoms with E-state index in [1.54, 1.807) is 18.2 Å². The minimum Gasteiger partial charge on any atom is -0.481 e. The van der Waals surface area contributed by atoms with E-state index in [0.29, 0.717) is 5.69 Å². The molecule has 0 radical (unpaired) electrons. The summed E-state index contributed by atoms with van der Waals surface area (Å²) in [7, 11) is 0. The lowest BCUT2D eigenvalue weighted by atomic mass is 10.2. The number of amides is 1. The van der Waals surface area contributed by atoms with Gasteiger partial charge in [-0.15, -0.1) is 11.3 Å². The fourth-order valence-corrected chi connectivity index (χ4v) is 3.03. The van der Waals surface area contributed by atoms with E-state index in [4.69, 9.17) is 15.2 Å². The lowest BCUT2D eigenvalue weighted by Crippen LogP contribution is -2.18. The van der Waals surface area contributed by atoms with Crippen molar-refractivity contribution in [2.24, 2.45) is 5.73 Å². The van der Waals surface area contributed by atoms with E-state index in [1.807, 2.05) is 35.7 Å². The molecule has 2 N–H and O–H groups in total. The van der Waals surface area contributed by atoms with Gasteiger partial charge in [-0.25, -0.2) is 9.78 Å². The third-order valence-corrected chi connectivity index (χ3v) is 4.39. The first-order valence-electron chi connectivity index (χ1n) is 7.80. The third-order valence-electron chi connectivity index (χ3n) is 3.45. The number of aromatic nitrogens is 1. The van der Waals surface area contributed by atoms with Crippen LogP contribution in [-0.2, 0) is 16.1 Å². The minimum absolute atomic E-state index is 0.0585. The molecule has 0 fully saturated rings. The molecule has 3 aromatic rings. The van der Waals surface area contributed by atoms with Crippen LogP contribution in [0, 0.1) is 0 Å². The molecule has 0 unspecified atom stereocenters. The molecular formula is C19H16N2O4S. The maximum Gasteiger partial charge on any atom is 0.344 e. The van der Waals surface area contributed by atoms with Gasteiger partial charge in [0, 0.05) is 10.9 Å². The van der Waals surface area contributed by atoms with Gasteiger partial charge in [0.15, 0.2) is 6.61 Å². The molecule has 0 atom stereocenters. The zero-order chi connectivity index (χ0) is 18.4. The van der Waals surface area contributed by atoms with Crippen LogP contribution in [0.25, 0.3) is 10.6 Å². The molecule has 0 aliphatic heterocycles. The Bertz CT molecular complexity index is 909. The summed E-state index contributed by atoms with van der Waals surface area (Å²) in [4.78, 5) is 27.6. The topological polar surface area (TPSA) is 91.5 Å². The summed E-state index contributed by atoms with van der Waals surface area (Å²) in [6, 6.07) is 16.2. The molecule has 3 rings (SSSR count). The van der Waals surface area contributed by atoms with Crippen molar-refractivity contribution in [3.05, 3.63) is 71.2 Å². The van der Waals surface area contributed by atoms with Crippen molar-refractivity contribution < 1.29 is 19.1 Å². The predicted molar refractivity (Wildman–Crippen MR) is 97.8 cm³/mol. The highest BCUT2D eigenvalue weighted by Gasteiger charge is 2.12. The highest BCUT2D eigenvalue weighted by Crippen LogP contribution is 2.23. The Labute approximate surface area is 154 Å². The molecule has 0 aliphatic carbocycles. The molecule has 0 saturated carbocycles. The highest BCUT2D eigenvalue weighted by atomic mass is 32.1. The van der Waals surface area contributed by atoms with Crippen LogP contribution in [-0.4, -0.2) is 23.5 Å². The number of ether oxygens (including phenoxy) is 2. The second-order valence-corrected chi connectivity index (χ2v) is 6.18. The van der Waals surface area contributed by atoms with E-state index in [-0.39, 0.29) is 24.5 Å². The molecule has 1 amide bonds. The van der Waals surface area contributed by atoms with Gasteiger partial charge in [-0.05, 0) is 12.1 Å². The SMILES string of the molecule is NC(=O)c1ccccc1OCC(=O)OCc1csc(-c2ccccc2)n1. The van der Waals surface area contributed by atoms with Crippen molar-refractivity contribution in [1.29, 1.82) is 0 Å². The molecule has 1 heterocycles. The van der Waals surface area contributed by atoms with E-state index >= 15 is 0 Å². The average Bonchev–Trinajstić information content (AvgIpc) is 3.14. The highest BCUT2D eigenvalue weighted by molar-refractivity contribution is 7.13. The number of rotatable bonds is 7. The smallest absolute Gasteiger partial charge is 0.344 e. The van der Waals surface area contributed by atoms with Gasteiger partial charge in [-0.1, -0.05) is 42.5 Å². The first-order valence-corrected chi connectivity index (χ1v) is 8.68. The van der Waals surface area contributed by atoms with Gasteiger partial charge in [0.1, 0.15) is 17.4 Å². The Morgan fingerprint density at radius 1 is 1.04 bits per heavy atom. The summed E-state index contributed by atoms with van der Waals surface area (Å²) in [5.74, 6) is -0.930. The van der Waals surface area contributed by atoms with Crippen LogP contribution >= 0.6 is 11.3 Å². The van der Waals surface area contributed by atoms with E-state index in [1.165, 1.54) is 17.4 Å². The molecule has 0 aliphatic rings. The molecule has 26 heavy (non-hydrogen) atoms. The van der Waals surface area contributed by atoms with Crippen molar-refractivity contribution >= 4 is 23.2 Å². The summed E-state index contributed by atoms with van der Waals surface area (Å²) in [6.07, 6.45) is 0. The molecule has 0 saturated heterocycles. The summed E-state index contributed by atoms with van der Waals surface area (Å²) in [5.41, 5.74) is 7.16. The normalized spacial score (nSPS) is 10.3. The molecule has 7 heteroatoms. The van der Waals surface area contributed by atoms with Crippen molar-refractivity contribution in [2.75, 3.05) is 6.61 Å². The Morgan fingerprint density at radius 2 is 1.77 bits per heavy atom. The number of carbonyl (C=O) groups is 2. The average molecular weight is 368 g/mol. The largest absolute Gasteiger partial charge is 0.481 e. The molecule has 2 aromatic carbocycles. The van der Waals surface area contributed by atoms with E-state index in [9.17, 15) is 9.59 Å². The number of carbonyl (C=O) groups excluding carboxylic acids is 2. The zero-order valence-corrected chi connectivity index (χ0v) is 14.6. The van der Waals surface area contributed by atoms with Crippen molar-refractivity contribution in [3.8, 4) is 16.3 Å². The first kappa shape index (κ1) is 17.6. The van der Waals surface area contributed by atoms with Crippen LogP contribution in [0.1, 0.15) is 16.1 Å². The number of hydrogen-bond acceptors (Lipinski definition) is 6. The number of thiazole rings is 1. The molecule has 132 valence electrons. The van der Waals surface area contributed by atoms with Crippen LogP contribution in [0.4, 0.5) is 0 Å². The number of nitrogens with two attached hydrogens (primary N) is 1. The van der Waals surface area contributed by atoms with Gasteiger partial charge in [-0.3, -0.25) is 4.79 Å². The quantitative estimate of drug-likeness (QED) is 0.647. The predicted octanol–water partition coefficient (Wildman–Crippen LogP) is 3.03. The Kier molecular flexibility index (Phi) is 5.60. The second kappa shape index (κ2) is 8.26. The lowest BCUT2D eigenvalue weighted by Gasteiger charge is -2.08. The standard InChI is InChI=1S/C19H16N2O4S/c20-18(23)15-8-4-5-9-16(15)24-11-17(22)25-10-14-12-26-19(21-14)13-6-2-1-3-7-13/h1-9,12H,10-11H2,(H2,20,23). The van der Waals surface area contributed by atoms with Crippen LogP contribution < -0.4 is 10.5 Å². The van der Waals surface area contributed by atoms with Crippen molar-refractivity contribution in [1.82, 2.24) is 4.98 Å². The van der Waals surface area contributed by atoms with Gasteiger partial charge in [-0.2, -0.15) is 0 Å². The first-order chi connectivity index (χ1) is 12.6. The zero-order valence-electron chi connectivity index (χ0n) is 13.8. The molecule has 0 bridgehead atoms. The van der Waals surface area contributed by atoms with Gasteiger partial charge in [0.05, 0.1) is 11.3 Å². The Morgan fingerprint density at radius 3 is 2.54 bits per heavy atom. The molecule has 1 aromatic heterocycles. The van der Waals surface area contributed by atoms with Crippen LogP contribution in [0.2, 0.25) is 0 Å². The number of benzene rings is 2. The van der Waals surface area contributed by atoms with Crippen LogP contribution in [0.5, 0.6) is 5.75 Å². The monoisotopic (exact) mass is 368 g/mol. The fraction of sp³-hybridized carbons (Fsp3) is 0.105. The van der Waals surface area contributed by atoms with Gasteiger partial charge < -0.3 is 15.2 Å². The molecule has 0 spiro atoms. The number of para-hydroxylation sites is 1. The summed E-state index contributed by atoms with van der Waals surface area (Å²) in [5, 5.41) is 2.71. The number of nitrogens with zero attached hydrogens (tertiary/aromatic N) is 1. The Balaban J connectivity index is 1.52. The summed E-state index contributed by atoms with van der Waals surface area (Å²) >= 11 is 1.48. The second-order valence-electron chi connectivity index (χ2n) is 5.32.